The molecule has 0 saturated carbocycles. The number of hydrogen-bond donors (Lipinski definition) is 2. The maximum absolute atomic E-state index is 5.44. The summed E-state index contributed by atoms with van der Waals surface area (Å²) in [6.45, 7) is 11.2. The summed E-state index contributed by atoms with van der Waals surface area (Å²) < 4.78 is 7.51. The van der Waals surface area contributed by atoms with E-state index in [1.165, 1.54) is 11.1 Å². The molecule has 2 aromatic rings. The highest BCUT2D eigenvalue weighted by atomic mass is 16.5. The van der Waals surface area contributed by atoms with Crippen LogP contribution in [0, 0.1) is 0 Å². The number of imidazole rings is 1. The van der Waals surface area contributed by atoms with Crippen molar-refractivity contribution in [3.8, 4) is 0 Å². The first-order valence-electron chi connectivity index (χ1n) is 10.1. The highest BCUT2D eigenvalue weighted by molar-refractivity contribution is 5.79. The van der Waals surface area contributed by atoms with Crippen molar-refractivity contribution in [3.63, 3.8) is 0 Å². The Hall–Kier alpha value is -2.38. The number of nitrogens with zero attached hydrogens (tertiary/aromatic N) is 4. The smallest absolute Gasteiger partial charge is 0.191 e. The zero-order valence-electron chi connectivity index (χ0n) is 17.0. The maximum atomic E-state index is 5.44. The molecular weight excluding hydrogens is 352 g/mol. The number of hydrogen-bond acceptors (Lipinski definition) is 4. The van der Waals surface area contributed by atoms with E-state index in [0.29, 0.717) is 12.6 Å². The van der Waals surface area contributed by atoms with Gasteiger partial charge in [-0.25, -0.2) is 9.98 Å². The van der Waals surface area contributed by atoms with E-state index in [2.05, 4.69) is 63.2 Å². The van der Waals surface area contributed by atoms with E-state index < -0.39 is 0 Å². The minimum atomic E-state index is 0.450. The van der Waals surface area contributed by atoms with Crippen molar-refractivity contribution in [3.05, 3.63) is 54.1 Å². The van der Waals surface area contributed by atoms with E-state index >= 15 is 0 Å². The summed E-state index contributed by atoms with van der Waals surface area (Å²) in [5.41, 5.74) is 2.46. The third kappa shape index (κ3) is 6.35. The third-order valence-electron chi connectivity index (χ3n) is 4.91. The molecule has 1 aromatic heterocycles. The highest BCUT2D eigenvalue weighted by Gasteiger charge is 2.16. The molecule has 1 saturated heterocycles. The second-order valence-electron chi connectivity index (χ2n) is 7.13. The molecule has 1 aliphatic rings. The van der Waals surface area contributed by atoms with Crippen molar-refractivity contribution in [1.29, 1.82) is 0 Å². The Kier molecular flexibility index (Phi) is 7.87. The fourth-order valence-electron chi connectivity index (χ4n) is 3.32. The standard InChI is InChI=1S/C21H32N6O/c1-3-23-21(24-14-18(2)27-9-11-28-12-10-27)25-15-19-5-4-6-20(13-19)16-26-8-7-22-17-26/h4-8,13,17-18H,3,9-12,14-16H2,1-2H3,(H2,23,24,25). The molecule has 2 heterocycles. The topological polar surface area (TPSA) is 66.7 Å². The zero-order valence-corrected chi connectivity index (χ0v) is 17.0. The second-order valence-corrected chi connectivity index (χ2v) is 7.13. The molecule has 7 nitrogen and oxygen atoms in total. The van der Waals surface area contributed by atoms with Crippen LogP contribution < -0.4 is 10.6 Å². The van der Waals surface area contributed by atoms with Crippen LogP contribution in [-0.2, 0) is 17.8 Å². The summed E-state index contributed by atoms with van der Waals surface area (Å²) >= 11 is 0. The third-order valence-corrected chi connectivity index (χ3v) is 4.91. The predicted octanol–water partition coefficient (Wildman–Crippen LogP) is 1.71. The van der Waals surface area contributed by atoms with E-state index in [1.54, 1.807) is 6.20 Å². The number of rotatable bonds is 8. The number of ether oxygens (including phenoxy) is 1. The van der Waals surface area contributed by atoms with E-state index in [9.17, 15) is 0 Å². The largest absolute Gasteiger partial charge is 0.379 e. The van der Waals surface area contributed by atoms with Gasteiger partial charge >= 0.3 is 0 Å². The van der Waals surface area contributed by atoms with Gasteiger partial charge in [0.25, 0.3) is 0 Å². The van der Waals surface area contributed by atoms with Gasteiger partial charge in [-0.15, -0.1) is 0 Å². The summed E-state index contributed by atoms with van der Waals surface area (Å²) in [6, 6.07) is 9.02. The van der Waals surface area contributed by atoms with Crippen LogP contribution in [0.3, 0.4) is 0 Å². The van der Waals surface area contributed by atoms with Gasteiger partial charge in [0.15, 0.2) is 5.96 Å². The van der Waals surface area contributed by atoms with Crippen LogP contribution in [0.1, 0.15) is 25.0 Å². The molecule has 1 atom stereocenters. The molecule has 0 amide bonds. The minimum Gasteiger partial charge on any atom is -0.379 e. The second kappa shape index (κ2) is 10.8. The molecule has 3 rings (SSSR count). The lowest BCUT2D eigenvalue weighted by Crippen LogP contribution is -2.49. The Balaban J connectivity index is 1.54. The zero-order chi connectivity index (χ0) is 19.6. The summed E-state index contributed by atoms with van der Waals surface area (Å²) in [7, 11) is 0. The van der Waals surface area contributed by atoms with Gasteiger partial charge in [-0.05, 0) is 25.0 Å². The van der Waals surface area contributed by atoms with Crippen LogP contribution in [0.5, 0.6) is 0 Å². The van der Waals surface area contributed by atoms with Crippen LogP contribution in [0.2, 0.25) is 0 Å². The predicted molar refractivity (Wildman–Crippen MR) is 112 cm³/mol. The summed E-state index contributed by atoms with van der Waals surface area (Å²) in [4.78, 5) is 11.3. The van der Waals surface area contributed by atoms with Gasteiger partial charge in [-0.1, -0.05) is 24.3 Å². The molecule has 2 N–H and O–H groups in total. The number of benzene rings is 1. The molecule has 1 unspecified atom stereocenters. The van der Waals surface area contributed by atoms with Crippen molar-refractivity contribution >= 4 is 5.96 Å². The quantitative estimate of drug-likeness (QED) is 0.536. The molecule has 1 aromatic carbocycles. The minimum absolute atomic E-state index is 0.450. The van der Waals surface area contributed by atoms with Gasteiger partial charge in [0.1, 0.15) is 0 Å². The van der Waals surface area contributed by atoms with Gasteiger partial charge in [0.2, 0.25) is 0 Å². The van der Waals surface area contributed by atoms with Crippen molar-refractivity contribution in [1.82, 2.24) is 25.1 Å². The van der Waals surface area contributed by atoms with Crippen molar-refractivity contribution in [2.45, 2.75) is 33.0 Å². The van der Waals surface area contributed by atoms with E-state index in [1.807, 2.05) is 12.5 Å². The van der Waals surface area contributed by atoms with Gasteiger partial charge in [0, 0.05) is 51.2 Å². The monoisotopic (exact) mass is 384 g/mol. The van der Waals surface area contributed by atoms with Crippen molar-refractivity contribution in [2.75, 3.05) is 39.4 Å². The van der Waals surface area contributed by atoms with Gasteiger partial charge in [0.05, 0.1) is 26.1 Å². The lowest BCUT2D eigenvalue weighted by atomic mass is 10.1. The fraction of sp³-hybridized carbons (Fsp3) is 0.524. The first kappa shape index (κ1) is 20.4. The van der Waals surface area contributed by atoms with Crippen LogP contribution in [0.25, 0.3) is 0 Å². The molecule has 152 valence electrons. The number of aromatic nitrogens is 2. The molecule has 1 aliphatic heterocycles. The summed E-state index contributed by atoms with van der Waals surface area (Å²) in [5.74, 6) is 0.864. The molecule has 0 bridgehead atoms. The number of nitrogens with one attached hydrogen (secondary N) is 2. The summed E-state index contributed by atoms with van der Waals surface area (Å²) in [5, 5.41) is 6.83. The van der Waals surface area contributed by atoms with Crippen LogP contribution in [-0.4, -0.2) is 65.8 Å². The lowest BCUT2D eigenvalue weighted by Gasteiger charge is -2.32. The normalized spacial score (nSPS) is 16.7. The van der Waals surface area contributed by atoms with E-state index in [4.69, 9.17) is 9.73 Å². The Labute approximate surface area is 167 Å². The molecule has 28 heavy (non-hydrogen) atoms. The van der Waals surface area contributed by atoms with E-state index in [0.717, 1.165) is 51.9 Å². The summed E-state index contributed by atoms with van der Waals surface area (Å²) in [6.07, 6.45) is 5.63. The first-order valence-corrected chi connectivity index (χ1v) is 10.1. The maximum Gasteiger partial charge on any atom is 0.191 e. The number of guanidine groups is 1. The first-order chi connectivity index (χ1) is 13.7. The van der Waals surface area contributed by atoms with Crippen LogP contribution >= 0.6 is 0 Å². The Morgan fingerprint density at radius 1 is 1.25 bits per heavy atom. The average molecular weight is 385 g/mol. The van der Waals surface area contributed by atoms with Crippen molar-refractivity contribution in [2.24, 2.45) is 4.99 Å². The molecule has 0 radical (unpaired) electrons. The number of morpholine rings is 1. The highest BCUT2D eigenvalue weighted by Crippen LogP contribution is 2.09. The molecule has 1 fully saturated rings. The molecule has 0 aliphatic carbocycles. The fourth-order valence-corrected chi connectivity index (χ4v) is 3.32. The van der Waals surface area contributed by atoms with E-state index in [-0.39, 0.29) is 0 Å². The average Bonchev–Trinajstić information content (AvgIpc) is 3.24. The Morgan fingerprint density at radius 2 is 2.07 bits per heavy atom. The molecule has 7 heteroatoms. The van der Waals surface area contributed by atoms with Crippen LogP contribution in [0.15, 0.2) is 48.0 Å². The lowest BCUT2D eigenvalue weighted by molar-refractivity contribution is 0.0211. The number of aliphatic imine (C=N–C) groups is 1. The van der Waals surface area contributed by atoms with Gasteiger partial charge in [-0.2, -0.15) is 0 Å². The Bertz CT molecular complexity index is 724. The Morgan fingerprint density at radius 3 is 2.82 bits per heavy atom. The van der Waals surface area contributed by atoms with Gasteiger partial charge < -0.3 is 19.9 Å². The van der Waals surface area contributed by atoms with Crippen LogP contribution in [0.4, 0.5) is 0 Å². The SMILES string of the molecule is CCNC(=NCc1cccc(Cn2ccnc2)c1)NCC(C)N1CCOCC1. The van der Waals surface area contributed by atoms with Crippen molar-refractivity contribution < 1.29 is 4.74 Å². The molecular formula is C21H32N6O. The van der Waals surface area contributed by atoms with Gasteiger partial charge in [-0.3, -0.25) is 4.90 Å². The molecule has 0 spiro atoms.